The zero-order valence-electron chi connectivity index (χ0n) is 16.6. The van der Waals surface area contributed by atoms with Gasteiger partial charge in [-0.1, -0.05) is 29.8 Å². The van der Waals surface area contributed by atoms with Crippen molar-refractivity contribution in [1.29, 1.82) is 0 Å². The van der Waals surface area contributed by atoms with Gasteiger partial charge in [-0.25, -0.2) is 0 Å². The number of hydrogen-bond donors (Lipinski definition) is 0. The smallest absolute Gasteiger partial charge is 0.254 e. The topological polar surface area (TPSA) is 66.9 Å². The highest BCUT2D eigenvalue weighted by atomic mass is 35.5. The highest BCUT2D eigenvalue weighted by Crippen LogP contribution is 2.30. The standard InChI is InChI=1S/C23H23ClN2O4/c24-18-3-1-2-17(14-18)23(29)26(19-6-7-19)15-16-4-8-20(9-5-16)30-13-12-25-21(27)10-11-22(25)28/h1-5,8-9,14,19H,6-7,10-13,15H2. The number of amides is 3. The van der Waals surface area contributed by atoms with Gasteiger partial charge in [-0.05, 0) is 48.7 Å². The number of halogens is 1. The Hall–Kier alpha value is -2.86. The molecule has 156 valence electrons. The van der Waals surface area contributed by atoms with Crippen LogP contribution in [0.3, 0.4) is 0 Å². The van der Waals surface area contributed by atoms with E-state index in [0.29, 0.717) is 35.7 Å². The van der Waals surface area contributed by atoms with Crippen molar-refractivity contribution in [3.63, 3.8) is 0 Å². The SMILES string of the molecule is O=C1CCC(=O)N1CCOc1ccc(CN(C(=O)c2cccc(Cl)c2)C2CC2)cc1. The lowest BCUT2D eigenvalue weighted by atomic mass is 10.1. The summed E-state index contributed by atoms with van der Waals surface area (Å²) in [6, 6.07) is 14.9. The molecule has 30 heavy (non-hydrogen) atoms. The maximum absolute atomic E-state index is 13.0. The third-order valence-corrected chi connectivity index (χ3v) is 5.57. The number of ether oxygens (including phenoxy) is 1. The van der Waals surface area contributed by atoms with Crippen molar-refractivity contribution in [3.8, 4) is 5.75 Å². The lowest BCUT2D eigenvalue weighted by Gasteiger charge is -2.23. The van der Waals surface area contributed by atoms with E-state index in [1.165, 1.54) is 4.90 Å². The first kappa shape index (κ1) is 20.4. The maximum Gasteiger partial charge on any atom is 0.254 e. The predicted octanol–water partition coefficient (Wildman–Crippen LogP) is 3.67. The number of rotatable bonds is 8. The minimum Gasteiger partial charge on any atom is -0.492 e. The summed E-state index contributed by atoms with van der Waals surface area (Å²) in [5.74, 6) is 0.379. The van der Waals surface area contributed by atoms with Gasteiger partial charge in [0.05, 0.1) is 6.54 Å². The lowest BCUT2D eigenvalue weighted by molar-refractivity contribution is -0.138. The molecule has 0 N–H and O–H groups in total. The maximum atomic E-state index is 13.0. The Balaban J connectivity index is 1.34. The molecular weight excluding hydrogens is 404 g/mol. The van der Waals surface area contributed by atoms with Gasteiger partial charge in [0.25, 0.3) is 5.91 Å². The summed E-state index contributed by atoms with van der Waals surface area (Å²) in [5.41, 5.74) is 1.61. The number of imide groups is 1. The molecule has 2 aliphatic rings. The van der Waals surface area contributed by atoms with Crippen LogP contribution in [0, 0.1) is 0 Å². The second-order valence-corrected chi connectivity index (χ2v) is 8.04. The van der Waals surface area contributed by atoms with Gasteiger partial charge >= 0.3 is 0 Å². The average molecular weight is 427 g/mol. The molecule has 2 fully saturated rings. The Morgan fingerprint density at radius 1 is 1.07 bits per heavy atom. The van der Waals surface area contributed by atoms with Gasteiger partial charge in [0.1, 0.15) is 12.4 Å². The van der Waals surface area contributed by atoms with Crippen LogP contribution >= 0.6 is 11.6 Å². The van der Waals surface area contributed by atoms with Crippen LogP contribution in [-0.2, 0) is 16.1 Å². The summed E-state index contributed by atoms with van der Waals surface area (Å²) >= 11 is 6.04. The molecular formula is C23H23ClN2O4. The Labute approximate surface area is 180 Å². The molecule has 1 aliphatic carbocycles. The average Bonchev–Trinajstić information content (AvgIpc) is 3.54. The van der Waals surface area contributed by atoms with E-state index in [9.17, 15) is 14.4 Å². The van der Waals surface area contributed by atoms with E-state index in [2.05, 4.69) is 0 Å². The normalized spacial score (nSPS) is 16.1. The van der Waals surface area contributed by atoms with Crippen LogP contribution in [0.15, 0.2) is 48.5 Å². The van der Waals surface area contributed by atoms with Crippen LogP contribution < -0.4 is 4.74 Å². The van der Waals surface area contributed by atoms with Crippen LogP contribution in [-0.4, -0.2) is 46.7 Å². The summed E-state index contributed by atoms with van der Waals surface area (Å²) in [7, 11) is 0. The quantitative estimate of drug-likeness (QED) is 0.604. The van der Waals surface area contributed by atoms with Gasteiger partial charge in [0.2, 0.25) is 11.8 Å². The predicted molar refractivity (Wildman–Crippen MR) is 112 cm³/mol. The number of hydrogen-bond acceptors (Lipinski definition) is 4. The number of carbonyl (C=O) groups excluding carboxylic acids is 3. The summed E-state index contributed by atoms with van der Waals surface area (Å²) < 4.78 is 5.67. The largest absolute Gasteiger partial charge is 0.492 e. The summed E-state index contributed by atoms with van der Waals surface area (Å²) in [6.45, 7) is 1.05. The van der Waals surface area contributed by atoms with Gasteiger partial charge in [0.15, 0.2) is 0 Å². The first-order valence-electron chi connectivity index (χ1n) is 10.1. The second kappa shape index (κ2) is 8.88. The number of nitrogens with zero attached hydrogens (tertiary/aromatic N) is 2. The van der Waals surface area contributed by atoms with Crippen LogP contribution in [0.1, 0.15) is 41.6 Å². The van der Waals surface area contributed by atoms with E-state index in [1.54, 1.807) is 24.3 Å². The minimum atomic E-state index is -0.136. The van der Waals surface area contributed by atoms with Crippen LogP contribution in [0.25, 0.3) is 0 Å². The molecule has 0 spiro atoms. The summed E-state index contributed by atoms with van der Waals surface area (Å²) in [6.07, 6.45) is 2.61. The lowest BCUT2D eigenvalue weighted by Crippen LogP contribution is -2.33. The summed E-state index contributed by atoms with van der Waals surface area (Å²) in [4.78, 5) is 39.3. The summed E-state index contributed by atoms with van der Waals surface area (Å²) in [5, 5.41) is 0.551. The van der Waals surface area contributed by atoms with E-state index in [0.717, 1.165) is 18.4 Å². The third-order valence-electron chi connectivity index (χ3n) is 5.33. The molecule has 0 atom stereocenters. The molecule has 2 aromatic carbocycles. The second-order valence-electron chi connectivity index (χ2n) is 7.61. The molecule has 0 aromatic heterocycles. The Kier molecular flexibility index (Phi) is 6.04. The van der Waals surface area contributed by atoms with Crippen molar-refractivity contribution in [2.75, 3.05) is 13.2 Å². The molecule has 1 aliphatic heterocycles. The fraction of sp³-hybridized carbons (Fsp3) is 0.348. The highest BCUT2D eigenvalue weighted by Gasteiger charge is 2.33. The third kappa shape index (κ3) is 4.82. The van der Waals surface area contributed by atoms with Crippen molar-refractivity contribution in [2.24, 2.45) is 0 Å². The number of likely N-dealkylation sites (tertiary alicyclic amines) is 1. The first-order chi connectivity index (χ1) is 14.5. The fourth-order valence-corrected chi connectivity index (χ4v) is 3.75. The minimum absolute atomic E-state index is 0.0136. The first-order valence-corrected chi connectivity index (χ1v) is 10.5. The molecule has 6 nitrogen and oxygen atoms in total. The molecule has 1 heterocycles. The van der Waals surface area contributed by atoms with E-state index in [-0.39, 0.29) is 36.9 Å². The van der Waals surface area contributed by atoms with E-state index in [4.69, 9.17) is 16.3 Å². The van der Waals surface area contributed by atoms with E-state index < -0.39 is 0 Å². The van der Waals surface area contributed by atoms with Gasteiger partial charge < -0.3 is 9.64 Å². The van der Waals surface area contributed by atoms with Crippen molar-refractivity contribution in [3.05, 3.63) is 64.7 Å². The molecule has 3 amide bonds. The molecule has 4 rings (SSSR count). The molecule has 0 unspecified atom stereocenters. The zero-order valence-corrected chi connectivity index (χ0v) is 17.3. The molecule has 7 heteroatoms. The van der Waals surface area contributed by atoms with Gasteiger partial charge in [-0.2, -0.15) is 0 Å². The molecule has 0 radical (unpaired) electrons. The Morgan fingerprint density at radius 3 is 2.40 bits per heavy atom. The van der Waals surface area contributed by atoms with Gasteiger partial charge in [0, 0.05) is 36.0 Å². The Morgan fingerprint density at radius 2 is 1.77 bits per heavy atom. The fourth-order valence-electron chi connectivity index (χ4n) is 3.56. The highest BCUT2D eigenvalue weighted by molar-refractivity contribution is 6.30. The number of carbonyl (C=O) groups is 3. The molecule has 2 aromatic rings. The van der Waals surface area contributed by atoms with E-state index >= 15 is 0 Å². The van der Waals surface area contributed by atoms with Crippen molar-refractivity contribution >= 4 is 29.3 Å². The van der Waals surface area contributed by atoms with Crippen molar-refractivity contribution < 1.29 is 19.1 Å². The molecule has 0 bridgehead atoms. The molecule has 1 saturated carbocycles. The Bertz CT molecular complexity index is 940. The van der Waals surface area contributed by atoms with Gasteiger partial charge in [-0.3, -0.25) is 19.3 Å². The van der Waals surface area contributed by atoms with Crippen LogP contribution in [0.5, 0.6) is 5.75 Å². The number of benzene rings is 2. The van der Waals surface area contributed by atoms with Crippen LogP contribution in [0.4, 0.5) is 0 Å². The van der Waals surface area contributed by atoms with E-state index in [1.807, 2.05) is 29.2 Å². The molecule has 1 saturated heterocycles. The van der Waals surface area contributed by atoms with Gasteiger partial charge in [-0.15, -0.1) is 0 Å². The zero-order chi connectivity index (χ0) is 21.1. The van der Waals surface area contributed by atoms with Crippen LogP contribution in [0.2, 0.25) is 5.02 Å². The van der Waals surface area contributed by atoms with Crippen molar-refractivity contribution in [2.45, 2.75) is 38.3 Å². The van der Waals surface area contributed by atoms with Crippen molar-refractivity contribution in [1.82, 2.24) is 9.80 Å². The monoisotopic (exact) mass is 426 g/mol.